The maximum absolute atomic E-state index is 12.0. The van der Waals surface area contributed by atoms with Crippen molar-refractivity contribution in [3.05, 3.63) is 69.6 Å². The van der Waals surface area contributed by atoms with Crippen LogP contribution in [-0.2, 0) is 12.0 Å². The van der Waals surface area contributed by atoms with Crippen molar-refractivity contribution in [1.82, 2.24) is 4.57 Å². The van der Waals surface area contributed by atoms with Crippen LogP contribution in [0.15, 0.2) is 47.4 Å². The van der Waals surface area contributed by atoms with Crippen molar-refractivity contribution in [2.45, 2.75) is 32.7 Å². The van der Waals surface area contributed by atoms with Crippen molar-refractivity contribution < 1.29 is 9.90 Å². The zero-order valence-electron chi connectivity index (χ0n) is 12.5. The Labute approximate surface area is 123 Å². The van der Waals surface area contributed by atoms with Gasteiger partial charge in [-0.05, 0) is 28.7 Å². The third-order valence-corrected chi connectivity index (χ3v) is 3.42. The fraction of sp³-hybridized carbons (Fsp3) is 0.294. The summed E-state index contributed by atoms with van der Waals surface area (Å²) in [5.74, 6) is -1.20. The molecule has 0 saturated heterocycles. The molecule has 0 bridgehead atoms. The zero-order chi connectivity index (χ0) is 15.6. The van der Waals surface area contributed by atoms with Gasteiger partial charge in [-0.3, -0.25) is 4.79 Å². The molecule has 4 nitrogen and oxygen atoms in total. The zero-order valence-corrected chi connectivity index (χ0v) is 12.5. The standard InChI is InChI=1S/C17H19NO3/c1-17(2,3)13-8-6-12(7-9-13)11-18-10-4-5-14(15(18)19)16(20)21/h4-10H,11H2,1-3H3,(H,20,21). The highest BCUT2D eigenvalue weighted by atomic mass is 16.4. The van der Waals surface area contributed by atoms with Gasteiger partial charge < -0.3 is 9.67 Å². The fourth-order valence-electron chi connectivity index (χ4n) is 2.13. The number of benzene rings is 1. The van der Waals surface area contributed by atoms with E-state index < -0.39 is 11.5 Å². The summed E-state index contributed by atoms with van der Waals surface area (Å²) in [7, 11) is 0. The summed E-state index contributed by atoms with van der Waals surface area (Å²) in [4.78, 5) is 23.0. The Kier molecular flexibility index (Phi) is 3.98. The number of hydrogen-bond donors (Lipinski definition) is 1. The average Bonchev–Trinajstić information content (AvgIpc) is 2.40. The van der Waals surface area contributed by atoms with Gasteiger partial charge in [0.2, 0.25) is 0 Å². The molecule has 4 heteroatoms. The Balaban J connectivity index is 2.29. The summed E-state index contributed by atoms with van der Waals surface area (Å²) in [6.07, 6.45) is 1.60. The topological polar surface area (TPSA) is 59.3 Å². The lowest BCUT2D eigenvalue weighted by molar-refractivity contribution is 0.0694. The highest BCUT2D eigenvalue weighted by Gasteiger charge is 2.13. The smallest absolute Gasteiger partial charge is 0.341 e. The van der Waals surface area contributed by atoms with E-state index in [1.54, 1.807) is 12.3 Å². The second-order valence-corrected chi connectivity index (χ2v) is 6.11. The molecule has 0 atom stereocenters. The van der Waals surface area contributed by atoms with Gasteiger partial charge in [0.15, 0.2) is 0 Å². The Morgan fingerprint density at radius 2 is 1.76 bits per heavy atom. The number of aromatic carboxylic acids is 1. The molecule has 1 aromatic carbocycles. The summed E-state index contributed by atoms with van der Waals surface area (Å²) >= 11 is 0. The summed E-state index contributed by atoms with van der Waals surface area (Å²) in [5.41, 5.74) is 1.58. The van der Waals surface area contributed by atoms with E-state index in [0.29, 0.717) is 6.54 Å². The van der Waals surface area contributed by atoms with Gasteiger partial charge in [0.25, 0.3) is 5.56 Å². The van der Waals surface area contributed by atoms with Gasteiger partial charge in [-0.2, -0.15) is 0 Å². The van der Waals surface area contributed by atoms with E-state index in [4.69, 9.17) is 5.11 Å². The second kappa shape index (κ2) is 5.56. The van der Waals surface area contributed by atoms with Crippen LogP contribution in [0.5, 0.6) is 0 Å². The summed E-state index contributed by atoms with van der Waals surface area (Å²) in [6.45, 7) is 6.79. The molecular weight excluding hydrogens is 266 g/mol. The summed E-state index contributed by atoms with van der Waals surface area (Å²) < 4.78 is 1.41. The van der Waals surface area contributed by atoms with Crippen molar-refractivity contribution in [3.63, 3.8) is 0 Å². The minimum atomic E-state index is -1.20. The van der Waals surface area contributed by atoms with E-state index in [1.165, 1.54) is 16.2 Å². The maximum Gasteiger partial charge on any atom is 0.341 e. The molecule has 1 aromatic heterocycles. The molecule has 0 aliphatic rings. The normalized spacial score (nSPS) is 11.4. The number of carbonyl (C=O) groups is 1. The van der Waals surface area contributed by atoms with Crippen LogP contribution in [0.25, 0.3) is 0 Å². The molecule has 0 aliphatic carbocycles. The number of hydrogen-bond acceptors (Lipinski definition) is 2. The van der Waals surface area contributed by atoms with Gasteiger partial charge in [-0.15, -0.1) is 0 Å². The number of aromatic nitrogens is 1. The van der Waals surface area contributed by atoms with Crippen molar-refractivity contribution in [2.75, 3.05) is 0 Å². The van der Waals surface area contributed by atoms with Crippen LogP contribution in [0, 0.1) is 0 Å². The molecule has 0 spiro atoms. The first-order chi connectivity index (χ1) is 9.79. The van der Waals surface area contributed by atoms with E-state index in [9.17, 15) is 9.59 Å². The van der Waals surface area contributed by atoms with E-state index >= 15 is 0 Å². The predicted octanol–water partition coefficient (Wildman–Crippen LogP) is 2.89. The third-order valence-electron chi connectivity index (χ3n) is 3.42. The fourth-order valence-corrected chi connectivity index (χ4v) is 2.13. The molecule has 1 N–H and O–H groups in total. The highest BCUT2D eigenvalue weighted by molar-refractivity contribution is 5.86. The van der Waals surface area contributed by atoms with Crippen molar-refractivity contribution in [2.24, 2.45) is 0 Å². The quantitative estimate of drug-likeness (QED) is 0.943. The number of nitrogens with zero attached hydrogens (tertiary/aromatic N) is 1. The Hall–Kier alpha value is -2.36. The van der Waals surface area contributed by atoms with E-state index in [-0.39, 0.29) is 11.0 Å². The molecule has 1 heterocycles. The van der Waals surface area contributed by atoms with Gasteiger partial charge in [0.05, 0.1) is 6.54 Å². The molecule has 110 valence electrons. The summed E-state index contributed by atoms with van der Waals surface area (Å²) in [5, 5.41) is 8.97. The molecule has 2 rings (SSSR count). The van der Waals surface area contributed by atoms with Crippen molar-refractivity contribution >= 4 is 5.97 Å². The molecule has 0 saturated carbocycles. The second-order valence-electron chi connectivity index (χ2n) is 6.11. The number of carboxylic acid groups (broad SMARTS) is 1. The lowest BCUT2D eigenvalue weighted by Crippen LogP contribution is -2.26. The lowest BCUT2D eigenvalue weighted by Gasteiger charge is -2.19. The van der Waals surface area contributed by atoms with E-state index in [0.717, 1.165) is 5.56 Å². The minimum absolute atomic E-state index is 0.0819. The SMILES string of the molecule is CC(C)(C)c1ccc(Cn2cccc(C(=O)O)c2=O)cc1. The molecule has 0 fully saturated rings. The van der Waals surface area contributed by atoms with Crippen LogP contribution in [0.4, 0.5) is 0 Å². The van der Waals surface area contributed by atoms with Crippen molar-refractivity contribution in [1.29, 1.82) is 0 Å². The van der Waals surface area contributed by atoms with Crippen LogP contribution in [0.1, 0.15) is 42.3 Å². The molecule has 0 radical (unpaired) electrons. The third kappa shape index (κ3) is 3.40. The largest absolute Gasteiger partial charge is 0.477 e. The first-order valence-corrected chi connectivity index (χ1v) is 6.81. The first kappa shape index (κ1) is 15.0. The van der Waals surface area contributed by atoms with Gasteiger partial charge in [0.1, 0.15) is 5.56 Å². The molecular formula is C17H19NO3. The average molecular weight is 285 g/mol. The molecule has 21 heavy (non-hydrogen) atoms. The monoisotopic (exact) mass is 285 g/mol. The maximum atomic E-state index is 12.0. The van der Waals surface area contributed by atoms with Crippen LogP contribution < -0.4 is 5.56 Å². The lowest BCUT2D eigenvalue weighted by atomic mass is 9.87. The number of carboxylic acids is 1. The predicted molar refractivity (Wildman–Crippen MR) is 81.9 cm³/mol. The van der Waals surface area contributed by atoms with Crippen molar-refractivity contribution in [3.8, 4) is 0 Å². The molecule has 0 unspecified atom stereocenters. The van der Waals surface area contributed by atoms with Crippen LogP contribution in [-0.4, -0.2) is 15.6 Å². The molecule has 0 aliphatic heterocycles. The Morgan fingerprint density at radius 1 is 1.14 bits per heavy atom. The Morgan fingerprint density at radius 3 is 2.29 bits per heavy atom. The minimum Gasteiger partial charge on any atom is -0.477 e. The van der Waals surface area contributed by atoms with E-state index in [1.807, 2.05) is 24.3 Å². The number of pyridine rings is 1. The molecule has 0 amide bonds. The Bertz CT molecular complexity index is 706. The van der Waals surface area contributed by atoms with Crippen LogP contribution >= 0.6 is 0 Å². The van der Waals surface area contributed by atoms with E-state index in [2.05, 4.69) is 20.8 Å². The van der Waals surface area contributed by atoms with Gasteiger partial charge in [0, 0.05) is 6.20 Å². The summed E-state index contributed by atoms with van der Waals surface area (Å²) in [6, 6.07) is 10.9. The van der Waals surface area contributed by atoms with Gasteiger partial charge in [-0.25, -0.2) is 4.79 Å². The first-order valence-electron chi connectivity index (χ1n) is 6.81. The van der Waals surface area contributed by atoms with Gasteiger partial charge in [-0.1, -0.05) is 45.0 Å². The molecule has 2 aromatic rings. The highest BCUT2D eigenvalue weighted by Crippen LogP contribution is 2.22. The van der Waals surface area contributed by atoms with Crippen LogP contribution in [0.3, 0.4) is 0 Å². The van der Waals surface area contributed by atoms with Crippen LogP contribution in [0.2, 0.25) is 0 Å². The number of rotatable bonds is 3. The van der Waals surface area contributed by atoms with Gasteiger partial charge >= 0.3 is 5.97 Å².